The number of allylic oxidation sites excluding steroid dienone is 2. The van der Waals surface area contributed by atoms with Gasteiger partial charge in [-0.15, -0.1) is 0 Å². The summed E-state index contributed by atoms with van der Waals surface area (Å²) in [6.07, 6.45) is 1.67. The first kappa shape index (κ1) is 44.6. The number of hydrogen-bond acceptors (Lipinski definition) is 9. The number of benzene rings is 1. The zero-order valence-corrected chi connectivity index (χ0v) is 37.2. The van der Waals surface area contributed by atoms with Crippen molar-refractivity contribution in [1.82, 2.24) is 25.3 Å². The first-order chi connectivity index (χ1) is 29.5. The highest BCUT2D eigenvalue weighted by atomic mass is 16.6. The Morgan fingerprint density at radius 1 is 0.770 bits per heavy atom. The van der Waals surface area contributed by atoms with Gasteiger partial charge in [-0.05, 0) is 121 Å². The predicted octanol–water partition coefficient (Wildman–Crippen LogP) is 7.03. The summed E-state index contributed by atoms with van der Waals surface area (Å²) < 4.78 is 11.1. The van der Waals surface area contributed by atoms with Gasteiger partial charge in [0.05, 0.1) is 35.8 Å². The first-order valence-electron chi connectivity index (χ1n) is 22.6. The summed E-state index contributed by atoms with van der Waals surface area (Å²) >= 11 is 0. The van der Waals surface area contributed by atoms with E-state index in [-0.39, 0.29) is 13.2 Å². The third kappa shape index (κ3) is 7.74. The second-order valence-corrected chi connectivity index (χ2v) is 16.6. The Balaban J connectivity index is 1.38. The smallest absolute Gasteiger partial charge is 0.246 e. The van der Waals surface area contributed by atoms with Gasteiger partial charge in [0.1, 0.15) is 31.0 Å². The van der Waals surface area contributed by atoms with E-state index in [0.29, 0.717) is 6.42 Å². The van der Waals surface area contributed by atoms with Gasteiger partial charge in [0.2, 0.25) is 5.91 Å². The Hall–Kier alpha value is -4.43. The molecule has 0 spiro atoms. The molecule has 12 heteroatoms. The van der Waals surface area contributed by atoms with Crippen molar-refractivity contribution in [1.29, 1.82) is 0 Å². The van der Waals surface area contributed by atoms with E-state index >= 15 is 0 Å². The number of hydrogen-bond donors (Lipinski definition) is 7. The molecular formula is C49H65N5O7. The number of amides is 1. The number of aliphatic hydroxyl groups excluding tert-OH is 4. The molecule has 0 radical (unpaired) electrons. The van der Waals surface area contributed by atoms with E-state index in [2.05, 4.69) is 101 Å². The second-order valence-electron chi connectivity index (χ2n) is 16.6. The third-order valence-electron chi connectivity index (χ3n) is 13.6. The van der Waals surface area contributed by atoms with Crippen molar-refractivity contribution in [2.24, 2.45) is 0 Å². The van der Waals surface area contributed by atoms with Gasteiger partial charge in [-0.3, -0.25) is 9.78 Å². The Bertz CT molecular complexity index is 2480. The van der Waals surface area contributed by atoms with Crippen molar-refractivity contribution in [2.75, 3.05) is 19.8 Å². The molecule has 7 N–H and O–H groups in total. The lowest BCUT2D eigenvalue weighted by atomic mass is 9.72. The molecule has 3 aliphatic rings. The van der Waals surface area contributed by atoms with Crippen molar-refractivity contribution in [3.8, 4) is 0 Å². The molecule has 1 saturated heterocycles. The fraction of sp³-hybridized carbons (Fsp3) is 0.531. The minimum Gasteiger partial charge on any atom is -0.394 e. The summed E-state index contributed by atoms with van der Waals surface area (Å²) in [4.78, 5) is 31.9. The van der Waals surface area contributed by atoms with Gasteiger partial charge in [0, 0.05) is 32.9 Å². The highest BCUT2D eigenvalue weighted by Crippen LogP contribution is 2.48. The summed E-state index contributed by atoms with van der Waals surface area (Å²) in [6, 6.07) is 9.95. The topological polar surface area (TPSA) is 186 Å². The van der Waals surface area contributed by atoms with Crippen molar-refractivity contribution in [3.05, 3.63) is 80.8 Å². The molecule has 4 aromatic rings. The molecule has 12 nitrogen and oxygen atoms in total. The van der Waals surface area contributed by atoms with Crippen LogP contribution in [0, 0.1) is 0 Å². The van der Waals surface area contributed by atoms with E-state index in [1.807, 2.05) is 0 Å². The molecule has 7 rings (SSSR count). The number of aromatic nitrogens is 4. The number of aryl methyl sites for hydroxylation is 4. The van der Waals surface area contributed by atoms with E-state index in [1.54, 1.807) is 0 Å². The van der Waals surface area contributed by atoms with Gasteiger partial charge in [-0.25, -0.2) is 4.98 Å². The summed E-state index contributed by atoms with van der Waals surface area (Å²) in [5, 5.41) is 44.1. The number of nitrogens with zero attached hydrogens (tertiary/aromatic N) is 2. The van der Waals surface area contributed by atoms with Crippen LogP contribution >= 0.6 is 0 Å². The van der Waals surface area contributed by atoms with Crippen LogP contribution in [0.3, 0.4) is 0 Å². The van der Waals surface area contributed by atoms with Gasteiger partial charge in [0.15, 0.2) is 6.29 Å². The van der Waals surface area contributed by atoms with Gasteiger partial charge in [-0.1, -0.05) is 67.5 Å². The number of rotatable bonds is 15. The van der Waals surface area contributed by atoms with Gasteiger partial charge in [0.25, 0.3) is 0 Å². The molecule has 0 saturated carbocycles. The Morgan fingerprint density at radius 2 is 1.36 bits per heavy atom. The summed E-state index contributed by atoms with van der Waals surface area (Å²) in [5.41, 5.74) is 18.1. The SMILES string of the molecule is CCC1=C(CC)c2nc1cc1[nH]c(cc3[nH]c(cc4nc5c(c(CCOCC(=O)N[C@@H]6[C@@H](O)[C@H](O)[C@@H](CO)O[C@H]6O)ccc25)C4(CC)CC)c(CC)c3CC)c(CC)c1CC. The first-order valence-corrected chi connectivity index (χ1v) is 22.6. The lowest BCUT2D eigenvalue weighted by Gasteiger charge is -2.40. The van der Waals surface area contributed by atoms with Gasteiger partial charge < -0.3 is 45.2 Å². The van der Waals surface area contributed by atoms with Crippen LogP contribution in [0.25, 0.3) is 44.1 Å². The van der Waals surface area contributed by atoms with E-state index in [0.717, 1.165) is 107 Å². The number of carbonyl (C=O) groups excluding carboxylic acids is 1. The van der Waals surface area contributed by atoms with E-state index in [9.17, 15) is 25.2 Å². The van der Waals surface area contributed by atoms with E-state index in [4.69, 9.17) is 19.4 Å². The van der Waals surface area contributed by atoms with E-state index < -0.39 is 48.6 Å². The zero-order chi connectivity index (χ0) is 43.7. The van der Waals surface area contributed by atoms with Crippen molar-refractivity contribution in [3.63, 3.8) is 0 Å². The molecule has 0 unspecified atom stereocenters. The summed E-state index contributed by atoms with van der Waals surface area (Å²) in [5.74, 6) is -0.579. The highest BCUT2D eigenvalue weighted by molar-refractivity contribution is 6.02. The molecule has 1 amide bonds. The van der Waals surface area contributed by atoms with Crippen LogP contribution in [0.4, 0.5) is 0 Å². The lowest BCUT2D eigenvalue weighted by molar-refractivity contribution is -0.254. The number of nitrogens with one attached hydrogen (secondary N) is 3. The van der Waals surface area contributed by atoms with Crippen LogP contribution < -0.4 is 5.32 Å². The molecule has 3 aromatic heterocycles. The molecule has 328 valence electrons. The van der Waals surface area contributed by atoms with Crippen molar-refractivity contribution < 1.29 is 34.7 Å². The van der Waals surface area contributed by atoms with E-state index in [1.165, 1.54) is 39.0 Å². The molecule has 1 fully saturated rings. The molecule has 8 bridgehead atoms. The normalized spacial score (nSPS) is 21.2. The molecule has 0 aliphatic carbocycles. The number of aliphatic hydroxyl groups is 4. The van der Waals surface area contributed by atoms with Gasteiger partial charge in [-0.2, -0.15) is 0 Å². The van der Waals surface area contributed by atoms with Crippen LogP contribution in [-0.4, -0.2) is 96.7 Å². The fourth-order valence-corrected chi connectivity index (χ4v) is 10.4. The maximum atomic E-state index is 13.0. The van der Waals surface area contributed by atoms with Crippen LogP contribution in [0.5, 0.6) is 0 Å². The maximum absolute atomic E-state index is 13.0. The van der Waals surface area contributed by atoms with Crippen LogP contribution in [0.2, 0.25) is 0 Å². The average molecular weight is 836 g/mol. The molecule has 61 heavy (non-hydrogen) atoms. The van der Waals surface area contributed by atoms with Crippen LogP contribution in [0.1, 0.15) is 132 Å². The molecular weight excluding hydrogens is 771 g/mol. The Labute approximate surface area is 358 Å². The van der Waals surface area contributed by atoms with Crippen LogP contribution in [-0.2, 0) is 51.8 Å². The van der Waals surface area contributed by atoms with Crippen LogP contribution in [0.15, 0.2) is 30.3 Å². The summed E-state index contributed by atoms with van der Waals surface area (Å²) in [6.45, 7) is 17.2. The Kier molecular flexibility index (Phi) is 13.5. The average Bonchev–Trinajstić information content (AvgIpc) is 3.99. The molecule has 1 aromatic carbocycles. The van der Waals surface area contributed by atoms with Crippen molar-refractivity contribution >= 4 is 50.0 Å². The zero-order valence-electron chi connectivity index (χ0n) is 37.2. The van der Waals surface area contributed by atoms with Crippen molar-refractivity contribution in [2.45, 2.75) is 149 Å². The maximum Gasteiger partial charge on any atom is 0.246 e. The highest BCUT2D eigenvalue weighted by Gasteiger charge is 2.44. The lowest BCUT2D eigenvalue weighted by Crippen LogP contribution is -2.64. The molecule has 5 atom stereocenters. The molecule has 6 heterocycles. The quantitative estimate of drug-likeness (QED) is 0.0618. The number of H-pyrrole nitrogens is 2. The standard InChI is InChI=1S/C49H65N5O7/c1-9-27-28(10-2)36-22-37-31(13-5)32(14-6)43(52-37)33-18-17-26(19-20-60-25-41(56)54-45-47(58)46(57)39(24-55)61-48(45)59)42-44(33)53-40(49(42,15-7)16-8)23-38-30(12-4)29(11-3)35(51-38)21-34(27)50-36/h17-18,21-23,39,45-48,50-51,55,57-59H,9-16,19-20,24-25H2,1-8H3,(H,54,56)/t39-,45-,46-,47-,48-/m1/s1. The Morgan fingerprint density at radius 3 is 1.92 bits per heavy atom. The number of ether oxygens (including phenoxy) is 2. The monoisotopic (exact) mass is 835 g/mol. The number of aromatic amines is 2. The second kappa shape index (κ2) is 18.5. The number of fused-ring (bicyclic) bond motifs is 8. The third-order valence-corrected chi connectivity index (χ3v) is 13.6. The predicted molar refractivity (Wildman–Crippen MR) is 241 cm³/mol. The minimum atomic E-state index is -1.61. The summed E-state index contributed by atoms with van der Waals surface area (Å²) in [7, 11) is 0. The molecule has 3 aliphatic heterocycles. The fourth-order valence-electron chi connectivity index (χ4n) is 10.4. The number of carbonyl (C=O) groups is 1. The minimum absolute atomic E-state index is 0.227. The largest absolute Gasteiger partial charge is 0.394 e. The van der Waals surface area contributed by atoms with Gasteiger partial charge >= 0.3 is 0 Å².